The topological polar surface area (TPSA) is 81.5 Å². The zero-order valence-electron chi connectivity index (χ0n) is 11.9. The van der Waals surface area contributed by atoms with Gasteiger partial charge < -0.3 is 14.6 Å². The Morgan fingerprint density at radius 1 is 1.29 bits per heavy atom. The molecule has 6 heteroatoms. The van der Waals surface area contributed by atoms with Gasteiger partial charge in [0.05, 0.1) is 14.2 Å². The summed E-state index contributed by atoms with van der Waals surface area (Å²) in [6, 6.07) is 7.38. The van der Waals surface area contributed by atoms with Crippen LogP contribution < -0.4 is 9.47 Å². The number of aromatic nitrogens is 2. The first-order chi connectivity index (χ1) is 10.1. The molecular formula is C15H16N2O4. The molecule has 0 saturated heterocycles. The number of rotatable bonds is 6. The van der Waals surface area contributed by atoms with Crippen LogP contribution in [0, 0.1) is 0 Å². The first kappa shape index (κ1) is 14.8. The second kappa shape index (κ2) is 6.69. The third-order valence-electron chi connectivity index (χ3n) is 2.95. The SMILES string of the molecule is COc1cccc(-c2ncc(CCC(=O)O)c(OC)n2)c1. The lowest BCUT2D eigenvalue weighted by Gasteiger charge is -2.09. The highest BCUT2D eigenvalue weighted by Crippen LogP contribution is 2.24. The molecule has 1 heterocycles. The molecule has 0 aliphatic carbocycles. The summed E-state index contributed by atoms with van der Waals surface area (Å²) in [6.07, 6.45) is 1.94. The van der Waals surface area contributed by atoms with Gasteiger partial charge in [-0.1, -0.05) is 12.1 Å². The lowest BCUT2D eigenvalue weighted by atomic mass is 10.1. The first-order valence-electron chi connectivity index (χ1n) is 6.40. The molecule has 0 fully saturated rings. The minimum atomic E-state index is -0.867. The van der Waals surface area contributed by atoms with Gasteiger partial charge in [0, 0.05) is 23.7 Å². The Balaban J connectivity index is 2.31. The minimum Gasteiger partial charge on any atom is -0.497 e. The Morgan fingerprint density at radius 2 is 2.10 bits per heavy atom. The van der Waals surface area contributed by atoms with Gasteiger partial charge in [-0.05, 0) is 18.6 Å². The molecule has 1 aromatic carbocycles. The Bertz CT molecular complexity index is 643. The number of aliphatic carboxylic acids is 1. The van der Waals surface area contributed by atoms with Crippen LogP contribution in [0.3, 0.4) is 0 Å². The van der Waals surface area contributed by atoms with Crippen LogP contribution in [0.4, 0.5) is 0 Å². The van der Waals surface area contributed by atoms with E-state index in [2.05, 4.69) is 9.97 Å². The molecule has 1 N–H and O–H groups in total. The smallest absolute Gasteiger partial charge is 0.303 e. The molecule has 110 valence electrons. The maximum Gasteiger partial charge on any atom is 0.303 e. The molecule has 0 aliphatic heterocycles. The van der Waals surface area contributed by atoms with Crippen molar-refractivity contribution in [1.82, 2.24) is 9.97 Å². The van der Waals surface area contributed by atoms with Gasteiger partial charge in [0.2, 0.25) is 5.88 Å². The normalized spacial score (nSPS) is 10.2. The van der Waals surface area contributed by atoms with Crippen molar-refractivity contribution in [3.8, 4) is 23.0 Å². The van der Waals surface area contributed by atoms with Crippen LogP contribution in [-0.4, -0.2) is 35.3 Å². The largest absolute Gasteiger partial charge is 0.497 e. The van der Waals surface area contributed by atoms with E-state index >= 15 is 0 Å². The van der Waals surface area contributed by atoms with E-state index in [9.17, 15) is 4.79 Å². The Morgan fingerprint density at radius 3 is 2.76 bits per heavy atom. The quantitative estimate of drug-likeness (QED) is 0.877. The first-order valence-corrected chi connectivity index (χ1v) is 6.40. The van der Waals surface area contributed by atoms with Crippen LogP contribution in [0.5, 0.6) is 11.6 Å². The molecule has 0 aliphatic rings. The number of benzene rings is 1. The Labute approximate surface area is 122 Å². The van der Waals surface area contributed by atoms with Gasteiger partial charge in [-0.25, -0.2) is 4.98 Å². The van der Waals surface area contributed by atoms with E-state index in [1.807, 2.05) is 24.3 Å². The highest BCUT2D eigenvalue weighted by molar-refractivity contribution is 5.67. The predicted octanol–water partition coefficient (Wildman–Crippen LogP) is 2.18. The van der Waals surface area contributed by atoms with Crippen molar-refractivity contribution in [3.05, 3.63) is 36.0 Å². The van der Waals surface area contributed by atoms with Crippen molar-refractivity contribution >= 4 is 5.97 Å². The van der Waals surface area contributed by atoms with Gasteiger partial charge in [-0.2, -0.15) is 4.98 Å². The van der Waals surface area contributed by atoms with Gasteiger partial charge in [-0.15, -0.1) is 0 Å². The molecule has 6 nitrogen and oxygen atoms in total. The van der Waals surface area contributed by atoms with Crippen molar-refractivity contribution in [2.75, 3.05) is 14.2 Å². The lowest BCUT2D eigenvalue weighted by Crippen LogP contribution is -2.03. The molecule has 0 bridgehead atoms. The van der Waals surface area contributed by atoms with Crippen molar-refractivity contribution < 1.29 is 19.4 Å². The Kier molecular flexibility index (Phi) is 4.71. The van der Waals surface area contributed by atoms with Crippen LogP contribution >= 0.6 is 0 Å². The zero-order valence-corrected chi connectivity index (χ0v) is 11.9. The highest BCUT2D eigenvalue weighted by Gasteiger charge is 2.11. The maximum atomic E-state index is 10.6. The minimum absolute atomic E-state index is 0.0121. The Hall–Kier alpha value is -2.63. The number of nitrogens with zero attached hydrogens (tertiary/aromatic N) is 2. The number of methoxy groups -OCH3 is 2. The summed E-state index contributed by atoms with van der Waals surface area (Å²) < 4.78 is 10.4. The summed E-state index contributed by atoms with van der Waals surface area (Å²) in [5.41, 5.74) is 1.48. The fraction of sp³-hybridized carbons (Fsp3) is 0.267. The molecule has 21 heavy (non-hydrogen) atoms. The monoisotopic (exact) mass is 288 g/mol. The number of carboxylic acids is 1. The average molecular weight is 288 g/mol. The molecule has 0 unspecified atom stereocenters. The predicted molar refractivity (Wildman–Crippen MR) is 76.5 cm³/mol. The summed E-state index contributed by atoms with van der Waals surface area (Å²) in [5.74, 6) is 0.743. The second-order valence-electron chi connectivity index (χ2n) is 4.35. The second-order valence-corrected chi connectivity index (χ2v) is 4.35. The number of carbonyl (C=O) groups is 1. The van der Waals surface area contributed by atoms with E-state index in [0.29, 0.717) is 29.4 Å². The average Bonchev–Trinajstić information content (AvgIpc) is 2.52. The van der Waals surface area contributed by atoms with Crippen molar-refractivity contribution in [2.45, 2.75) is 12.8 Å². The molecule has 2 rings (SSSR count). The van der Waals surface area contributed by atoms with Crippen molar-refractivity contribution in [2.24, 2.45) is 0 Å². The lowest BCUT2D eigenvalue weighted by molar-refractivity contribution is -0.136. The molecule has 0 saturated carbocycles. The zero-order chi connectivity index (χ0) is 15.2. The van der Waals surface area contributed by atoms with Crippen LogP contribution in [0.2, 0.25) is 0 Å². The summed E-state index contributed by atoms with van der Waals surface area (Å²) in [5, 5.41) is 8.73. The third-order valence-corrected chi connectivity index (χ3v) is 2.95. The standard InChI is InChI=1S/C15H16N2O4/c1-20-12-5-3-4-10(8-12)14-16-9-11(6-7-13(18)19)15(17-14)21-2/h3-5,8-9H,6-7H2,1-2H3,(H,18,19). The molecule has 0 radical (unpaired) electrons. The molecular weight excluding hydrogens is 272 g/mol. The molecule has 0 spiro atoms. The van der Waals surface area contributed by atoms with E-state index in [4.69, 9.17) is 14.6 Å². The number of hydrogen-bond donors (Lipinski definition) is 1. The summed E-state index contributed by atoms with van der Waals surface area (Å²) in [7, 11) is 3.09. The number of carboxylic acid groups (broad SMARTS) is 1. The van der Waals surface area contributed by atoms with E-state index in [1.54, 1.807) is 13.3 Å². The van der Waals surface area contributed by atoms with E-state index < -0.39 is 5.97 Å². The summed E-state index contributed by atoms with van der Waals surface area (Å²) in [6.45, 7) is 0. The van der Waals surface area contributed by atoms with Crippen LogP contribution in [0.25, 0.3) is 11.4 Å². The number of ether oxygens (including phenoxy) is 2. The van der Waals surface area contributed by atoms with E-state index in [1.165, 1.54) is 7.11 Å². The van der Waals surface area contributed by atoms with Gasteiger partial charge in [0.25, 0.3) is 0 Å². The maximum absolute atomic E-state index is 10.6. The van der Waals surface area contributed by atoms with Gasteiger partial charge in [0.15, 0.2) is 5.82 Å². The molecule has 0 atom stereocenters. The molecule has 2 aromatic rings. The van der Waals surface area contributed by atoms with Crippen molar-refractivity contribution in [3.63, 3.8) is 0 Å². The van der Waals surface area contributed by atoms with Gasteiger partial charge in [0.1, 0.15) is 5.75 Å². The number of hydrogen-bond acceptors (Lipinski definition) is 5. The summed E-state index contributed by atoms with van der Waals surface area (Å²) >= 11 is 0. The molecule has 1 aromatic heterocycles. The van der Waals surface area contributed by atoms with Crippen LogP contribution in [0.1, 0.15) is 12.0 Å². The third kappa shape index (κ3) is 3.68. The number of aryl methyl sites for hydroxylation is 1. The molecule has 0 amide bonds. The fourth-order valence-corrected chi connectivity index (χ4v) is 1.88. The van der Waals surface area contributed by atoms with Gasteiger partial charge >= 0.3 is 5.97 Å². The van der Waals surface area contributed by atoms with Crippen LogP contribution in [-0.2, 0) is 11.2 Å². The summed E-state index contributed by atoms with van der Waals surface area (Å²) in [4.78, 5) is 19.2. The van der Waals surface area contributed by atoms with E-state index in [-0.39, 0.29) is 6.42 Å². The van der Waals surface area contributed by atoms with Crippen LogP contribution in [0.15, 0.2) is 30.5 Å². The van der Waals surface area contributed by atoms with Crippen molar-refractivity contribution in [1.29, 1.82) is 0 Å². The van der Waals surface area contributed by atoms with Gasteiger partial charge in [-0.3, -0.25) is 4.79 Å². The van der Waals surface area contributed by atoms with E-state index in [0.717, 1.165) is 5.56 Å². The highest BCUT2D eigenvalue weighted by atomic mass is 16.5. The fourth-order valence-electron chi connectivity index (χ4n) is 1.88.